The zero-order chi connectivity index (χ0) is 13.0. The molecule has 92 valence electrons. The Balaban J connectivity index is 2.25. The number of rotatable bonds is 3. The largest absolute Gasteiger partial charge is 0.387 e. The second kappa shape index (κ2) is 5.46. The fourth-order valence-corrected chi connectivity index (χ4v) is 1.61. The molecule has 0 aliphatic carbocycles. The van der Waals surface area contributed by atoms with Crippen molar-refractivity contribution in [2.24, 2.45) is 0 Å². The van der Waals surface area contributed by atoms with Gasteiger partial charge in [-0.2, -0.15) is 0 Å². The summed E-state index contributed by atoms with van der Waals surface area (Å²) < 4.78 is 0. The first-order valence-electron chi connectivity index (χ1n) is 5.26. The second-order valence-electron chi connectivity index (χ2n) is 3.46. The smallest absolute Gasteiger partial charge is 0.260 e. The van der Waals surface area contributed by atoms with Gasteiger partial charge < -0.3 is 10.6 Å². The average Bonchev–Trinajstić information content (AvgIpc) is 2.41. The first-order valence-corrected chi connectivity index (χ1v) is 5.64. The summed E-state index contributed by atoms with van der Waals surface area (Å²) >= 11 is 5.92. The van der Waals surface area contributed by atoms with Crippen LogP contribution in [-0.2, 0) is 0 Å². The predicted molar refractivity (Wildman–Crippen MR) is 71.0 cm³/mol. The Morgan fingerprint density at radius 1 is 1.33 bits per heavy atom. The van der Waals surface area contributed by atoms with Crippen molar-refractivity contribution in [3.8, 4) is 0 Å². The molecule has 2 aromatic heterocycles. The second-order valence-corrected chi connectivity index (χ2v) is 3.87. The Bertz CT molecular complexity index is 574. The van der Waals surface area contributed by atoms with E-state index in [1.807, 2.05) is 0 Å². The number of aromatic nitrogens is 2. The molecule has 18 heavy (non-hydrogen) atoms. The van der Waals surface area contributed by atoms with E-state index in [9.17, 15) is 4.79 Å². The first-order chi connectivity index (χ1) is 8.72. The Morgan fingerprint density at radius 3 is 2.89 bits per heavy atom. The SMILES string of the molecule is CNc1ccncc1C(=O)Nc1ncccc1Cl. The summed E-state index contributed by atoms with van der Waals surface area (Å²) in [5, 5.41) is 5.95. The summed E-state index contributed by atoms with van der Waals surface area (Å²) in [4.78, 5) is 20.0. The molecule has 5 nitrogen and oxygen atoms in total. The number of halogens is 1. The molecule has 2 aromatic rings. The molecule has 0 fully saturated rings. The Kier molecular flexibility index (Phi) is 3.74. The van der Waals surface area contributed by atoms with Gasteiger partial charge in [0, 0.05) is 31.3 Å². The van der Waals surface area contributed by atoms with Gasteiger partial charge in [0.2, 0.25) is 0 Å². The van der Waals surface area contributed by atoms with Gasteiger partial charge in [-0.05, 0) is 18.2 Å². The highest BCUT2D eigenvalue weighted by Gasteiger charge is 2.12. The molecular weight excluding hydrogens is 252 g/mol. The van der Waals surface area contributed by atoms with Crippen molar-refractivity contribution in [1.29, 1.82) is 0 Å². The third-order valence-electron chi connectivity index (χ3n) is 2.33. The van der Waals surface area contributed by atoms with Crippen LogP contribution in [0, 0.1) is 0 Å². The number of pyridine rings is 2. The zero-order valence-corrected chi connectivity index (χ0v) is 10.4. The van der Waals surface area contributed by atoms with E-state index in [0.29, 0.717) is 22.1 Å². The molecule has 0 aromatic carbocycles. The van der Waals surface area contributed by atoms with Gasteiger partial charge in [-0.15, -0.1) is 0 Å². The van der Waals surface area contributed by atoms with Crippen LogP contribution in [0.3, 0.4) is 0 Å². The average molecular weight is 263 g/mol. The number of nitrogens with one attached hydrogen (secondary N) is 2. The highest BCUT2D eigenvalue weighted by atomic mass is 35.5. The number of carbonyl (C=O) groups excluding carboxylic acids is 1. The topological polar surface area (TPSA) is 66.9 Å². The first kappa shape index (κ1) is 12.3. The van der Waals surface area contributed by atoms with Crippen molar-refractivity contribution in [2.75, 3.05) is 17.7 Å². The van der Waals surface area contributed by atoms with E-state index in [2.05, 4.69) is 20.6 Å². The lowest BCUT2D eigenvalue weighted by atomic mass is 10.2. The van der Waals surface area contributed by atoms with Gasteiger partial charge in [0.25, 0.3) is 5.91 Å². The summed E-state index contributed by atoms with van der Waals surface area (Å²) in [5.74, 6) is 0.0168. The van der Waals surface area contributed by atoms with Crippen LogP contribution in [0.2, 0.25) is 5.02 Å². The highest BCUT2D eigenvalue weighted by Crippen LogP contribution is 2.20. The molecule has 2 N–H and O–H groups in total. The van der Waals surface area contributed by atoms with E-state index in [0.717, 1.165) is 0 Å². The van der Waals surface area contributed by atoms with Gasteiger partial charge in [0.1, 0.15) is 0 Å². The van der Waals surface area contributed by atoms with Gasteiger partial charge >= 0.3 is 0 Å². The van der Waals surface area contributed by atoms with Crippen LogP contribution in [0.4, 0.5) is 11.5 Å². The number of hydrogen-bond donors (Lipinski definition) is 2. The van der Waals surface area contributed by atoms with Gasteiger partial charge in [-0.3, -0.25) is 9.78 Å². The lowest BCUT2D eigenvalue weighted by Gasteiger charge is -2.09. The number of amides is 1. The molecule has 0 bridgehead atoms. The summed E-state index contributed by atoms with van der Waals surface area (Å²) in [5.41, 5.74) is 1.12. The minimum atomic E-state index is -0.312. The van der Waals surface area contributed by atoms with E-state index in [1.54, 1.807) is 37.6 Å². The molecule has 0 spiro atoms. The molecule has 0 atom stereocenters. The van der Waals surface area contributed by atoms with Crippen molar-refractivity contribution in [2.45, 2.75) is 0 Å². The molecule has 0 aliphatic rings. The minimum Gasteiger partial charge on any atom is -0.387 e. The normalized spacial score (nSPS) is 9.89. The van der Waals surface area contributed by atoms with Crippen molar-refractivity contribution >= 4 is 29.0 Å². The molecular formula is C12H11ClN4O. The van der Waals surface area contributed by atoms with Gasteiger partial charge in [0.05, 0.1) is 10.6 Å². The highest BCUT2D eigenvalue weighted by molar-refractivity contribution is 6.33. The van der Waals surface area contributed by atoms with E-state index < -0.39 is 0 Å². The minimum absolute atomic E-state index is 0.312. The molecule has 0 saturated heterocycles. The van der Waals surface area contributed by atoms with Gasteiger partial charge in [-0.25, -0.2) is 4.98 Å². The van der Waals surface area contributed by atoms with Crippen LogP contribution < -0.4 is 10.6 Å². The summed E-state index contributed by atoms with van der Waals surface area (Å²) in [6.07, 6.45) is 4.65. The number of nitrogens with zero attached hydrogens (tertiary/aromatic N) is 2. The maximum Gasteiger partial charge on any atom is 0.260 e. The van der Waals surface area contributed by atoms with E-state index in [4.69, 9.17) is 11.6 Å². The Labute approximate surface area is 109 Å². The molecule has 6 heteroatoms. The number of carbonyl (C=O) groups is 1. The molecule has 0 aliphatic heterocycles. The molecule has 1 amide bonds. The number of anilines is 2. The van der Waals surface area contributed by atoms with Crippen molar-refractivity contribution in [3.63, 3.8) is 0 Å². The van der Waals surface area contributed by atoms with E-state index >= 15 is 0 Å². The fraction of sp³-hybridized carbons (Fsp3) is 0.0833. The maximum atomic E-state index is 12.1. The molecule has 0 radical (unpaired) electrons. The summed E-state index contributed by atoms with van der Waals surface area (Å²) in [7, 11) is 1.74. The quantitative estimate of drug-likeness (QED) is 0.892. The summed E-state index contributed by atoms with van der Waals surface area (Å²) in [6, 6.07) is 5.07. The van der Waals surface area contributed by atoms with Crippen molar-refractivity contribution in [1.82, 2.24) is 9.97 Å². The Hall–Kier alpha value is -2.14. The van der Waals surface area contributed by atoms with Crippen LogP contribution in [0.1, 0.15) is 10.4 Å². The predicted octanol–water partition coefficient (Wildman–Crippen LogP) is 2.42. The van der Waals surface area contributed by atoms with Crippen LogP contribution >= 0.6 is 11.6 Å². The summed E-state index contributed by atoms with van der Waals surface area (Å²) in [6.45, 7) is 0. The van der Waals surface area contributed by atoms with E-state index in [-0.39, 0.29) is 5.91 Å². The third-order valence-corrected chi connectivity index (χ3v) is 2.63. The van der Waals surface area contributed by atoms with Crippen molar-refractivity contribution < 1.29 is 4.79 Å². The Morgan fingerprint density at radius 2 is 2.17 bits per heavy atom. The monoisotopic (exact) mass is 262 g/mol. The standard InChI is InChI=1S/C12H11ClN4O/c1-14-10-4-6-15-7-8(10)12(18)17-11-9(13)3-2-5-16-11/h2-7H,1H3,(H,14,15)(H,16,17,18). The lowest BCUT2D eigenvalue weighted by Crippen LogP contribution is -2.15. The lowest BCUT2D eigenvalue weighted by molar-refractivity contribution is 0.102. The van der Waals surface area contributed by atoms with Crippen molar-refractivity contribution in [3.05, 3.63) is 47.4 Å². The van der Waals surface area contributed by atoms with Crippen LogP contribution in [0.15, 0.2) is 36.8 Å². The maximum absolute atomic E-state index is 12.1. The number of hydrogen-bond acceptors (Lipinski definition) is 4. The van der Waals surface area contributed by atoms with Crippen LogP contribution in [-0.4, -0.2) is 22.9 Å². The molecule has 2 rings (SSSR count). The van der Waals surface area contributed by atoms with Gasteiger partial charge in [-0.1, -0.05) is 11.6 Å². The van der Waals surface area contributed by atoms with Crippen LogP contribution in [0.25, 0.3) is 0 Å². The molecule has 0 unspecified atom stereocenters. The molecule has 0 saturated carbocycles. The third kappa shape index (κ3) is 2.57. The zero-order valence-electron chi connectivity index (χ0n) is 9.64. The van der Waals surface area contributed by atoms with E-state index in [1.165, 1.54) is 6.20 Å². The van der Waals surface area contributed by atoms with Gasteiger partial charge in [0.15, 0.2) is 5.82 Å². The molecule has 2 heterocycles. The van der Waals surface area contributed by atoms with Crippen LogP contribution in [0.5, 0.6) is 0 Å². The fourth-order valence-electron chi connectivity index (χ4n) is 1.45.